The highest BCUT2D eigenvalue weighted by molar-refractivity contribution is 5.97. The van der Waals surface area contributed by atoms with Gasteiger partial charge in [0.15, 0.2) is 0 Å². The second-order valence-electron chi connectivity index (χ2n) is 5.02. The van der Waals surface area contributed by atoms with Gasteiger partial charge in [0, 0.05) is 24.4 Å². The molecule has 2 rings (SSSR count). The van der Waals surface area contributed by atoms with Crippen molar-refractivity contribution < 1.29 is 9.53 Å². The van der Waals surface area contributed by atoms with Crippen LogP contribution in [0.1, 0.15) is 34.3 Å². The molecule has 0 aliphatic heterocycles. The van der Waals surface area contributed by atoms with Crippen LogP contribution in [0.2, 0.25) is 0 Å². The van der Waals surface area contributed by atoms with Crippen LogP contribution in [0.3, 0.4) is 0 Å². The number of hydrogen-bond donors (Lipinski definition) is 2. The minimum atomic E-state index is -0.0428. The second-order valence-corrected chi connectivity index (χ2v) is 5.02. The number of amides is 1. The van der Waals surface area contributed by atoms with E-state index in [0.717, 1.165) is 24.0 Å². The first-order valence-corrected chi connectivity index (χ1v) is 6.21. The summed E-state index contributed by atoms with van der Waals surface area (Å²) >= 11 is 0. The van der Waals surface area contributed by atoms with E-state index in [1.807, 2.05) is 19.9 Å². The van der Waals surface area contributed by atoms with Crippen molar-refractivity contribution in [3.05, 3.63) is 28.8 Å². The van der Waals surface area contributed by atoms with Gasteiger partial charge in [-0.2, -0.15) is 0 Å². The molecule has 1 amide bonds. The van der Waals surface area contributed by atoms with Crippen molar-refractivity contribution in [3.8, 4) is 0 Å². The molecule has 0 spiro atoms. The Bertz CT molecular complexity index is 465. The lowest BCUT2D eigenvalue weighted by Gasteiger charge is -2.34. The molecule has 1 aliphatic carbocycles. The second kappa shape index (κ2) is 4.98. The van der Waals surface area contributed by atoms with Crippen molar-refractivity contribution in [2.75, 3.05) is 12.8 Å². The van der Waals surface area contributed by atoms with Crippen LogP contribution in [0.25, 0.3) is 0 Å². The first-order valence-electron chi connectivity index (χ1n) is 6.21. The van der Waals surface area contributed by atoms with Gasteiger partial charge in [0.05, 0.1) is 6.10 Å². The molecule has 4 nitrogen and oxygen atoms in total. The molecule has 1 aromatic rings. The monoisotopic (exact) mass is 248 g/mol. The fourth-order valence-electron chi connectivity index (χ4n) is 2.25. The third-order valence-electron chi connectivity index (χ3n) is 3.62. The molecule has 1 aliphatic rings. The summed E-state index contributed by atoms with van der Waals surface area (Å²) in [6.45, 7) is 3.87. The topological polar surface area (TPSA) is 64.3 Å². The van der Waals surface area contributed by atoms with Gasteiger partial charge in [0.1, 0.15) is 0 Å². The highest BCUT2D eigenvalue weighted by atomic mass is 16.5. The standard InChI is InChI=1S/C14H20N2O2/c1-8-4-9(2)13(15)7-12(8)14(17)16-10-5-11(6-10)18-3/h4,7,10-11H,5-6,15H2,1-3H3,(H,16,17). The normalized spacial score (nSPS) is 22.4. The summed E-state index contributed by atoms with van der Waals surface area (Å²) in [5.41, 5.74) is 9.14. The van der Waals surface area contributed by atoms with Gasteiger partial charge in [-0.25, -0.2) is 0 Å². The van der Waals surface area contributed by atoms with Crippen LogP contribution < -0.4 is 11.1 Å². The zero-order valence-electron chi connectivity index (χ0n) is 11.1. The summed E-state index contributed by atoms with van der Waals surface area (Å²) in [7, 11) is 1.70. The number of aryl methyl sites for hydroxylation is 2. The third-order valence-corrected chi connectivity index (χ3v) is 3.62. The number of anilines is 1. The lowest BCUT2D eigenvalue weighted by Crippen LogP contribution is -2.47. The van der Waals surface area contributed by atoms with Gasteiger partial charge in [-0.1, -0.05) is 6.07 Å². The first-order chi connectivity index (χ1) is 8.51. The minimum absolute atomic E-state index is 0.0428. The van der Waals surface area contributed by atoms with Crippen LogP contribution in [-0.4, -0.2) is 25.2 Å². The van der Waals surface area contributed by atoms with E-state index < -0.39 is 0 Å². The average Bonchev–Trinajstić information content (AvgIpc) is 2.27. The van der Waals surface area contributed by atoms with E-state index in [4.69, 9.17) is 10.5 Å². The molecule has 0 radical (unpaired) electrons. The Kier molecular flexibility index (Phi) is 3.57. The van der Waals surface area contributed by atoms with Gasteiger partial charge >= 0.3 is 0 Å². The van der Waals surface area contributed by atoms with Gasteiger partial charge in [-0.15, -0.1) is 0 Å². The van der Waals surface area contributed by atoms with E-state index in [-0.39, 0.29) is 11.9 Å². The number of ether oxygens (including phenoxy) is 1. The molecular weight excluding hydrogens is 228 g/mol. The summed E-state index contributed by atoms with van der Waals surface area (Å²) in [6.07, 6.45) is 2.07. The van der Waals surface area contributed by atoms with Gasteiger partial charge in [-0.3, -0.25) is 4.79 Å². The lowest BCUT2D eigenvalue weighted by molar-refractivity contribution is 0.0176. The van der Waals surface area contributed by atoms with E-state index in [9.17, 15) is 4.79 Å². The van der Waals surface area contributed by atoms with Gasteiger partial charge in [-0.05, 0) is 43.9 Å². The molecule has 0 aromatic heterocycles. The van der Waals surface area contributed by atoms with Crippen molar-refractivity contribution in [2.24, 2.45) is 0 Å². The third kappa shape index (κ3) is 2.48. The fraction of sp³-hybridized carbons (Fsp3) is 0.500. The molecule has 0 bridgehead atoms. The minimum Gasteiger partial charge on any atom is -0.398 e. The van der Waals surface area contributed by atoms with Crippen molar-refractivity contribution in [3.63, 3.8) is 0 Å². The maximum Gasteiger partial charge on any atom is 0.251 e. The molecule has 0 saturated heterocycles. The Morgan fingerprint density at radius 3 is 2.61 bits per heavy atom. The zero-order chi connectivity index (χ0) is 13.3. The number of rotatable bonds is 3. The first kappa shape index (κ1) is 12.9. The molecular formula is C14H20N2O2. The molecule has 3 N–H and O–H groups in total. The molecule has 18 heavy (non-hydrogen) atoms. The van der Waals surface area contributed by atoms with Gasteiger partial charge < -0.3 is 15.8 Å². The molecule has 1 aromatic carbocycles. The van der Waals surface area contributed by atoms with Crippen molar-refractivity contribution in [1.29, 1.82) is 0 Å². The Morgan fingerprint density at radius 2 is 2.00 bits per heavy atom. The van der Waals surface area contributed by atoms with Crippen LogP contribution in [0.4, 0.5) is 5.69 Å². The van der Waals surface area contributed by atoms with Crippen LogP contribution in [0.15, 0.2) is 12.1 Å². The molecule has 4 heteroatoms. The van der Waals surface area contributed by atoms with E-state index in [0.29, 0.717) is 17.4 Å². The Hall–Kier alpha value is -1.55. The Balaban J connectivity index is 2.03. The van der Waals surface area contributed by atoms with Crippen molar-refractivity contribution >= 4 is 11.6 Å². The molecule has 0 atom stereocenters. The summed E-state index contributed by atoms with van der Waals surface area (Å²) in [6, 6.07) is 3.93. The van der Waals surface area contributed by atoms with E-state index in [1.54, 1.807) is 13.2 Å². The number of carbonyl (C=O) groups excluding carboxylic acids is 1. The maximum absolute atomic E-state index is 12.1. The highest BCUT2D eigenvalue weighted by Crippen LogP contribution is 2.24. The largest absolute Gasteiger partial charge is 0.398 e. The van der Waals surface area contributed by atoms with Gasteiger partial charge in [0.25, 0.3) is 5.91 Å². The zero-order valence-corrected chi connectivity index (χ0v) is 11.1. The predicted molar refractivity (Wildman–Crippen MR) is 71.6 cm³/mol. The summed E-state index contributed by atoms with van der Waals surface area (Å²) in [4.78, 5) is 12.1. The van der Waals surface area contributed by atoms with Crippen molar-refractivity contribution in [1.82, 2.24) is 5.32 Å². The molecule has 98 valence electrons. The Labute approximate surface area is 108 Å². The quantitative estimate of drug-likeness (QED) is 0.802. The summed E-state index contributed by atoms with van der Waals surface area (Å²) in [5, 5.41) is 3.01. The molecule has 1 saturated carbocycles. The number of nitrogen functional groups attached to an aromatic ring is 1. The van der Waals surface area contributed by atoms with E-state index >= 15 is 0 Å². The lowest BCUT2D eigenvalue weighted by atomic mass is 9.89. The predicted octanol–water partition coefficient (Wildman–Crippen LogP) is 1.79. The molecule has 1 fully saturated rings. The number of benzene rings is 1. The number of hydrogen-bond acceptors (Lipinski definition) is 3. The fourth-order valence-corrected chi connectivity index (χ4v) is 2.25. The van der Waals surface area contributed by atoms with E-state index in [1.165, 1.54) is 0 Å². The van der Waals surface area contributed by atoms with Crippen LogP contribution in [0, 0.1) is 13.8 Å². The van der Waals surface area contributed by atoms with Crippen LogP contribution in [-0.2, 0) is 4.74 Å². The van der Waals surface area contributed by atoms with Gasteiger partial charge in [0.2, 0.25) is 0 Å². The number of carbonyl (C=O) groups is 1. The maximum atomic E-state index is 12.1. The average molecular weight is 248 g/mol. The number of methoxy groups -OCH3 is 1. The SMILES string of the molecule is COC1CC(NC(=O)c2cc(N)c(C)cc2C)C1. The van der Waals surface area contributed by atoms with E-state index in [2.05, 4.69) is 5.32 Å². The van der Waals surface area contributed by atoms with Crippen molar-refractivity contribution in [2.45, 2.75) is 38.8 Å². The summed E-state index contributed by atoms with van der Waals surface area (Å²) in [5.74, 6) is -0.0428. The Morgan fingerprint density at radius 1 is 1.33 bits per heavy atom. The number of nitrogens with two attached hydrogens (primary N) is 1. The van der Waals surface area contributed by atoms with Crippen LogP contribution in [0.5, 0.6) is 0 Å². The summed E-state index contributed by atoms with van der Waals surface area (Å²) < 4.78 is 5.19. The highest BCUT2D eigenvalue weighted by Gasteiger charge is 2.30. The molecule has 0 unspecified atom stereocenters. The molecule has 0 heterocycles. The number of nitrogens with one attached hydrogen (secondary N) is 1. The smallest absolute Gasteiger partial charge is 0.251 e. The van der Waals surface area contributed by atoms with Crippen LogP contribution >= 0.6 is 0 Å².